The van der Waals surface area contributed by atoms with Gasteiger partial charge in [0.2, 0.25) is 5.91 Å². The van der Waals surface area contributed by atoms with Crippen molar-refractivity contribution in [3.63, 3.8) is 0 Å². The van der Waals surface area contributed by atoms with Crippen LogP contribution in [-0.4, -0.2) is 43.2 Å². The summed E-state index contributed by atoms with van der Waals surface area (Å²) in [5, 5.41) is 10.1. The number of pyridine rings is 1. The molecular weight excluding hydrogens is 462 g/mol. The second-order valence-corrected chi connectivity index (χ2v) is 10.6. The van der Waals surface area contributed by atoms with E-state index in [1.54, 1.807) is 12.4 Å². The maximum absolute atomic E-state index is 13.4. The fraction of sp³-hybridized carbons (Fsp3) is 0.231. The molecule has 0 saturated heterocycles. The standard InChI is InChI=1S/C26H25N5OS2/c1-18-8-3-4-10-21(18)31-25(20-9-7-14-27-16-20)28-29-26(31)33-17-24(32)30-15-13-19(2)34-23-12-6-5-11-22(23)30/h3-12,14,16,19H,13,15,17H2,1-2H3. The van der Waals surface area contributed by atoms with E-state index in [1.807, 2.05) is 69.8 Å². The van der Waals surface area contributed by atoms with Gasteiger partial charge in [-0.2, -0.15) is 0 Å². The van der Waals surface area contributed by atoms with Crippen molar-refractivity contribution in [2.24, 2.45) is 0 Å². The van der Waals surface area contributed by atoms with Crippen LogP contribution >= 0.6 is 23.5 Å². The van der Waals surface area contributed by atoms with Crippen LogP contribution in [0, 0.1) is 6.92 Å². The number of carbonyl (C=O) groups excluding carboxylic acids is 1. The topological polar surface area (TPSA) is 63.9 Å². The van der Waals surface area contributed by atoms with Crippen molar-refractivity contribution >= 4 is 35.1 Å². The first kappa shape index (κ1) is 22.7. The predicted molar refractivity (Wildman–Crippen MR) is 139 cm³/mol. The molecule has 5 rings (SSSR count). The number of nitrogens with zero attached hydrogens (tertiary/aromatic N) is 5. The van der Waals surface area contributed by atoms with Crippen molar-refractivity contribution < 1.29 is 4.79 Å². The van der Waals surface area contributed by atoms with Gasteiger partial charge in [0.15, 0.2) is 11.0 Å². The molecule has 0 saturated carbocycles. The number of para-hydroxylation sites is 2. The zero-order valence-electron chi connectivity index (χ0n) is 19.1. The molecule has 172 valence electrons. The minimum Gasteiger partial charge on any atom is -0.311 e. The van der Waals surface area contributed by atoms with Crippen LogP contribution in [-0.2, 0) is 4.79 Å². The first-order chi connectivity index (χ1) is 16.6. The summed E-state index contributed by atoms with van der Waals surface area (Å²) in [6.07, 6.45) is 4.48. The van der Waals surface area contributed by atoms with E-state index in [4.69, 9.17) is 0 Å². The summed E-state index contributed by atoms with van der Waals surface area (Å²) in [5.74, 6) is 1.07. The fourth-order valence-electron chi connectivity index (χ4n) is 4.03. The Hall–Kier alpha value is -3.10. The van der Waals surface area contributed by atoms with Gasteiger partial charge in [-0.3, -0.25) is 14.3 Å². The number of anilines is 1. The third-order valence-corrected chi connectivity index (χ3v) is 7.93. The number of carbonyl (C=O) groups is 1. The second kappa shape index (κ2) is 10.0. The number of amides is 1. The molecule has 4 aromatic rings. The molecule has 2 aromatic heterocycles. The van der Waals surface area contributed by atoms with Gasteiger partial charge in [-0.05, 0) is 49.2 Å². The lowest BCUT2D eigenvalue weighted by atomic mass is 10.2. The summed E-state index contributed by atoms with van der Waals surface area (Å²) < 4.78 is 2.03. The van der Waals surface area contributed by atoms with E-state index >= 15 is 0 Å². The highest BCUT2D eigenvalue weighted by Crippen LogP contribution is 2.38. The monoisotopic (exact) mass is 487 g/mol. The largest absolute Gasteiger partial charge is 0.311 e. The number of aromatic nitrogens is 4. The van der Waals surface area contributed by atoms with Gasteiger partial charge in [-0.1, -0.05) is 49.0 Å². The van der Waals surface area contributed by atoms with Gasteiger partial charge in [-0.25, -0.2) is 0 Å². The minimum absolute atomic E-state index is 0.0782. The lowest BCUT2D eigenvalue weighted by Gasteiger charge is -2.22. The molecule has 1 unspecified atom stereocenters. The molecule has 1 aliphatic rings. The van der Waals surface area contributed by atoms with Crippen molar-refractivity contribution in [1.29, 1.82) is 0 Å². The molecule has 0 aliphatic carbocycles. The number of aryl methyl sites for hydroxylation is 1. The van der Waals surface area contributed by atoms with Crippen molar-refractivity contribution in [2.75, 3.05) is 17.2 Å². The SMILES string of the molecule is Cc1ccccc1-n1c(SCC(=O)N2CCC(C)Sc3ccccc32)nnc1-c1cccnc1. The third kappa shape index (κ3) is 4.60. The molecule has 0 radical (unpaired) electrons. The van der Waals surface area contributed by atoms with E-state index in [-0.39, 0.29) is 11.7 Å². The van der Waals surface area contributed by atoms with Gasteiger partial charge in [0, 0.05) is 34.6 Å². The summed E-state index contributed by atoms with van der Waals surface area (Å²) >= 11 is 3.26. The Morgan fingerprint density at radius 1 is 1.06 bits per heavy atom. The van der Waals surface area contributed by atoms with E-state index in [9.17, 15) is 4.79 Å². The van der Waals surface area contributed by atoms with Gasteiger partial charge in [0.25, 0.3) is 0 Å². The van der Waals surface area contributed by atoms with Crippen molar-refractivity contribution in [3.05, 3.63) is 78.6 Å². The Kier molecular flexibility index (Phi) is 6.69. The summed E-state index contributed by atoms with van der Waals surface area (Å²) in [5.41, 5.74) is 3.97. The van der Waals surface area contributed by atoms with E-state index in [0.717, 1.165) is 40.4 Å². The third-order valence-electron chi connectivity index (χ3n) is 5.78. The second-order valence-electron chi connectivity index (χ2n) is 8.19. The number of hydrogen-bond donors (Lipinski definition) is 0. The Balaban J connectivity index is 1.45. The zero-order valence-corrected chi connectivity index (χ0v) is 20.7. The lowest BCUT2D eigenvalue weighted by molar-refractivity contribution is -0.116. The molecule has 0 spiro atoms. The number of fused-ring (bicyclic) bond motifs is 1. The Morgan fingerprint density at radius 3 is 2.65 bits per heavy atom. The molecule has 34 heavy (non-hydrogen) atoms. The van der Waals surface area contributed by atoms with E-state index in [0.29, 0.717) is 16.2 Å². The first-order valence-electron chi connectivity index (χ1n) is 11.2. The molecule has 8 heteroatoms. The van der Waals surface area contributed by atoms with Crippen molar-refractivity contribution in [3.8, 4) is 17.1 Å². The molecule has 1 aliphatic heterocycles. The molecule has 3 heterocycles. The summed E-state index contributed by atoms with van der Waals surface area (Å²) in [4.78, 5) is 20.7. The van der Waals surface area contributed by atoms with Crippen LogP contribution in [0.15, 0.2) is 83.1 Å². The van der Waals surface area contributed by atoms with Crippen LogP contribution in [0.2, 0.25) is 0 Å². The average Bonchev–Trinajstić information content (AvgIpc) is 3.20. The molecule has 0 bridgehead atoms. The van der Waals surface area contributed by atoms with Crippen LogP contribution in [0.5, 0.6) is 0 Å². The Morgan fingerprint density at radius 2 is 1.85 bits per heavy atom. The molecule has 1 amide bonds. The summed E-state index contributed by atoms with van der Waals surface area (Å²) in [6.45, 7) is 5.00. The van der Waals surface area contributed by atoms with Gasteiger partial charge in [-0.15, -0.1) is 22.0 Å². The van der Waals surface area contributed by atoms with Crippen LogP contribution < -0.4 is 4.90 Å². The Bertz CT molecular complexity index is 1310. The van der Waals surface area contributed by atoms with E-state index in [2.05, 4.69) is 41.2 Å². The summed E-state index contributed by atoms with van der Waals surface area (Å²) in [6, 6.07) is 20.2. The highest BCUT2D eigenvalue weighted by atomic mass is 32.2. The smallest absolute Gasteiger partial charge is 0.237 e. The maximum Gasteiger partial charge on any atom is 0.237 e. The zero-order chi connectivity index (χ0) is 23.5. The summed E-state index contributed by atoms with van der Waals surface area (Å²) in [7, 11) is 0. The van der Waals surface area contributed by atoms with Crippen molar-refractivity contribution in [1.82, 2.24) is 19.7 Å². The quantitative estimate of drug-likeness (QED) is 0.339. The number of benzene rings is 2. The van der Waals surface area contributed by atoms with Gasteiger partial charge in [0.1, 0.15) is 0 Å². The highest BCUT2D eigenvalue weighted by molar-refractivity contribution is 8.00. The molecule has 0 fully saturated rings. The van der Waals surface area contributed by atoms with Crippen molar-refractivity contribution in [2.45, 2.75) is 35.6 Å². The van der Waals surface area contributed by atoms with E-state index in [1.165, 1.54) is 11.8 Å². The Labute approximate surface area is 207 Å². The number of rotatable bonds is 5. The molecular formula is C26H25N5OS2. The molecule has 2 aromatic carbocycles. The predicted octanol–water partition coefficient (Wildman–Crippen LogP) is 5.65. The average molecular weight is 488 g/mol. The van der Waals surface area contributed by atoms with Gasteiger partial charge < -0.3 is 4.90 Å². The maximum atomic E-state index is 13.4. The molecule has 1 atom stereocenters. The van der Waals surface area contributed by atoms with Crippen LogP contribution in [0.1, 0.15) is 18.9 Å². The highest BCUT2D eigenvalue weighted by Gasteiger charge is 2.25. The normalized spacial score (nSPS) is 15.6. The first-order valence-corrected chi connectivity index (χ1v) is 13.1. The van der Waals surface area contributed by atoms with Crippen LogP contribution in [0.25, 0.3) is 17.1 Å². The number of hydrogen-bond acceptors (Lipinski definition) is 6. The van der Waals surface area contributed by atoms with E-state index < -0.39 is 0 Å². The molecule has 6 nitrogen and oxygen atoms in total. The molecule has 0 N–H and O–H groups in total. The van der Waals surface area contributed by atoms with Crippen LogP contribution in [0.4, 0.5) is 5.69 Å². The fourth-order valence-corrected chi connectivity index (χ4v) is 5.96. The van der Waals surface area contributed by atoms with Crippen LogP contribution in [0.3, 0.4) is 0 Å². The minimum atomic E-state index is 0.0782. The lowest BCUT2D eigenvalue weighted by Crippen LogP contribution is -2.33. The van der Waals surface area contributed by atoms with Gasteiger partial charge in [0.05, 0.1) is 17.1 Å². The number of thioether (sulfide) groups is 2. The van der Waals surface area contributed by atoms with Gasteiger partial charge >= 0.3 is 0 Å².